The van der Waals surface area contributed by atoms with E-state index >= 15 is 0 Å². The van der Waals surface area contributed by atoms with Crippen LogP contribution in [0.2, 0.25) is 0 Å². The molecule has 1 unspecified atom stereocenters. The number of ether oxygens (including phenoxy) is 1. The summed E-state index contributed by atoms with van der Waals surface area (Å²) in [6.45, 7) is 1.43. The number of Topliss-reactive ketones (excluding diaryl/α,β-unsaturated/α-hetero) is 1. The van der Waals surface area contributed by atoms with Crippen LogP contribution >= 0.6 is 0 Å². The summed E-state index contributed by atoms with van der Waals surface area (Å²) < 4.78 is 4.72. The van der Waals surface area contributed by atoms with Crippen molar-refractivity contribution in [1.82, 2.24) is 0 Å². The third-order valence-corrected chi connectivity index (χ3v) is 2.84. The van der Waals surface area contributed by atoms with Crippen LogP contribution in [0.4, 0.5) is 0 Å². The molecule has 0 saturated carbocycles. The zero-order valence-corrected chi connectivity index (χ0v) is 10.5. The smallest absolute Gasteiger partial charge is 0.330 e. The number of nitrogens with zero attached hydrogens (tertiary/aromatic N) is 1. The second-order valence-electron chi connectivity index (χ2n) is 4.08. The van der Waals surface area contributed by atoms with Gasteiger partial charge in [0.1, 0.15) is 5.78 Å². The first-order chi connectivity index (χ1) is 8.56. The Hall–Kier alpha value is -2.15. The summed E-state index contributed by atoms with van der Waals surface area (Å²) in [5, 5.41) is 9.38. The summed E-state index contributed by atoms with van der Waals surface area (Å²) in [7, 11) is 1.24. The number of ketones is 1. The summed E-state index contributed by atoms with van der Waals surface area (Å²) >= 11 is 0. The Morgan fingerprint density at radius 2 is 1.94 bits per heavy atom. The maximum atomic E-state index is 11.9. The van der Waals surface area contributed by atoms with Crippen molar-refractivity contribution in [2.75, 3.05) is 7.11 Å². The van der Waals surface area contributed by atoms with Crippen LogP contribution in [-0.2, 0) is 19.7 Å². The van der Waals surface area contributed by atoms with Gasteiger partial charge in [-0.05, 0) is 18.9 Å². The van der Waals surface area contributed by atoms with Gasteiger partial charge < -0.3 is 9.53 Å². The molecule has 1 rings (SSSR count). The van der Waals surface area contributed by atoms with Gasteiger partial charge >= 0.3 is 5.97 Å². The first-order valence-corrected chi connectivity index (χ1v) is 5.61. The van der Waals surface area contributed by atoms with Crippen molar-refractivity contribution >= 4 is 11.8 Å². The van der Waals surface area contributed by atoms with E-state index in [0.717, 1.165) is 0 Å². The highest BCUT2D eigenvalue weighted by atomic mass is 16.5. The van der Waals surface area contributed by atoms with Crippen LogP contribution in [0.5, 0.6) is 0 Å². The van der Waals surface area contributed by atoms with E-state index in [1.807, 2.05) is 6.07 Å². The minimum atomic E-state index is -1.40. The van der Waals surface area contributed by atoms with E-state index in [2.05, 4.69) is 0 Å². The largest absolute Gasteiger partial charge is 0.468 e. The highest BCUT2D eigenvalue weighted by Crippen LogP contribution is 2.30. The number of methoxy groups -OCH3 is 1. The summed E-state index contributed by atoms with van der Waals surface area (Å²) in [5.74, 6) is -0.688. The Kier molecular flexibility index (Phi) is 4.61. The molecule has 0 heterocycles. The van der Waals surface area contributed by atoms with Crippen molar-refractivity contribution in [3.05, 3.63) is 35.9 Å². The third-order valence-electron chi connectivity index (χ3n) is 2.84. The molecule has 0 fully saturated rings. The fourth-order valence-corrected chi connectivity index (χ4v) is 1.79. The first-order valence-electron chi connectivity index (χ1n) is 5.61. The molecule has 1 aromatic carbocycles. The number of benzene rings is 1. The molecule has 0 bridgehead atoms. The lowest BCUT2D eigenvalue weighted by atomic mass is 9.77. The van der Waals surface area contributed by atoms with E-state index in [4.69, 9.17) is 4.74 Å². The van der Waals surface area contributed by atoms with Crippen LogP contribution in [0.1, 0.15) is 25.3 Å². The van der Waals surface area contributed by atoms with Crippen LogP contribution in [0.15, 0.2) is 30.3 Å². The molecule has 94 valence electrons. The Bertz CT molecular complexity index is 476. The molecule has 0 saturated heterocycles. The minimum absolute atomic E-state index is 0.0607. The highest BCUT2D eigenvalue weighted by molar-refractivity contribution is 5.87. The lowest BCUT2D eigenvalue weighted by molar-refractivity contribution is -0.145. The van der Waals surface area contributed by atoms with Gasteiger partial charge in [-0.1, -0.05) is 30.3 Å². The lowest BCUT2D eigenvalue weighted by Gasteiger charge is -2.23. The zero-order valence-electron chi connectivity index (χ0n) is 10.5. The van der Waals surface area contributed by atoms with E-state index < -0.39 is 11.4 Å². The number of hydrogen-bond donors (Lipinski definition) is 0. The third kappa shape index (κ3) is 2.75. The number of carbonyl (C=O) groups excluding carboxylic acids is 2. The topological polar surface area (TPSA) is 67.2 Å². The number of rotatable bonds is 5. The van der Waals surface area contributed by atoms with Crippen molar-refractivity contribution in [3.8, 4) is 6.07 Å². The van der Waals surface area contributed by atoms with E-state index in [9.17, 15) is 14.9 Å². The lowest BCUT2D eigenvalue weighted by Crippen LogP contribution is -2.36. The van der Waals surface area contributed by atoms with Gasteiger partial charge in [0.05, 0.1) is 13.2 Å². The normalized spacial score (nSPS) is 13.2. The molecule has 0 aromatic heterocycles. The van der Waals surface area contributed by atoms with E-state index in [0.29, 0.717) is 5.56 Å². The summed E-state index contributed by atoms with van der Waals surface area (Å²) in [6.07, 6.45) is 0.299. The molecule has 0 amide bonds. The second-order valence-corrected chi connectivity index (χ2v) is 4.08. The fourth-order valence-electron chi connectivity index (χ4n) is 1.79. The summed E-state index contributed by atoms with van der Waals surface area (Å²) in [4.78, 5) is 23.0. The second kappa shape index (κ2) is 5.97. The minimum Gasteiger partial charge on any atom is -0.468 e. The first kappa shape index (κ1) is 13.9. The molecular weight excluding hydrogens is 230 g/mol. The van der Waals surface area contributed by atoms with Crippen molar-refractivity contribution in [3.63, 3.8) is 0 Å². The molecule has 18 heavy (non-hydrogen) atoms. The average molecular weight is 245 g/mol. The summed E-state index contributed by atoms with van der Waals surface area (Å²) in [6, 6.07) is 10.7. The quantitative estimate of drug-likeness (QED) is 0.744. The molecule has 4 nitrogen and oxygen atoms in total. The maximum absolute atomic E-state index is 11.9. The predicted octanol–water partition coefficient (Wildman–Crippen LogP) is 1.99. The number of nitriles is 1. The summed E-state index contributed by atoms with van der Waals surface area (Å²) in [5.41, 5.74) is -0.845. The number of carbonyl (C=O) groups is 2. The van der Waals surface area contributed by atoms with Gasteiger partial charge in [-0.15, -0.1) is 0 Å². The van der Waals surface area contributed by atoms with E-state index in [1.165, 1.54) is 14.0 Å². The van der Waals surface area contributed by atoms with Crippen molar-refractivity contribution in [1.29, 1.82) is 5.26 Å². The molecule has 1 aromatic rings. The number of hydrogen-bond acceptors (Lipinski definition) is 4. The molecule has 0 aliphatic rings. The Labute approximate surface area is 106 Å². The molecule has 0 spiro atoms. The van der Waals surface area contributed by atoms with Crippen molar-refractivity contribution in [2.24, 2.45) is 0 Å². The zero-order chi connectivity index (χ0) is 13.6. The van der Waals surface area contributed by atoms with Gasteiger partial charge in [-0.25, -0.2) is 4.79 Å². The SMILES string of the molecule is COC(=O)C(C#N)(CCC(C)=O)c1ccccc1. The van der Waals surface area contributed by atoms with Crippen LogP contribution in [-0.4, -0.2) is 18.9 Å². The molecule has 0 radical (unpaired) electrons. The van der Waals surface area contributed by atoms with Crippen molar-refractivity contribution < 1.29 is 14.3 Å². The molecule has 0 aliphatic carbocycles. The Morgan fingerprint density at radius 3 is 2.39 bits per heavy atom. The Morgan fingerprint density at radius 1 is 1.33 bits per heavy atom. The van der Waals surface area contributed by atoms with Gasteiger partial charge in [0.25, 0.3) is 0 Å². The fraction of sp³-hybridized carbons (Fsp3) is 0.357. The van der Waals surface area contributed by atoms with Gasteiger partial charge in [0.2, 0.25) is 0 Å². The van der Waals surface area contributed by atoms with Gasteiger partial charge in [0.15, 0.2) is 5.41 Å². The molecule has 4 heteroatoms. The van der Waals surface area contributed by atoms with Crippen LogP contribution in [0.3, 0.4) is 0 Å². The average Bonchev–Trinajstić information content (AvgIpc) is 2.40. The van der Waals surface area contributed by atoms with E-state index in [-0.39, 0.29) is 18.6 Å². The predicted molar refractivity (Wildman–Crippen MR) is 65.7 cm³/mol. The van der Waals surface area contributed by atoms with Crippen LogP contribution < -0.4 is 0 Å². The monoisotopic (exact) mass is 245 g/mol. The molecule has 0 aliphatic heterocycles. The molecule has 1 atom stereocenters. The van der Waals surface area contributed by atoms with Gasteiger partial charge in [-0.3, -0.25) is 0 Å². The van der Waals surface area contributed by atoms with Crippen LogP contribution in [0, 0.1) is 11.3 Å². The molecular formula is C14H15NO3. The molecule has 0 N–H and O–H groups in total. The maximum Gasteiger partial charge on any atom is 0.330 e. The number of esters is 1. The Balaban J connectivity index is 3.19. The highest BCUT2D eigenvalue weighted by Gasteiger charge is 2.41. The standard InChI is InChI=1S/C14H15NO3/c1-11(16)8-9-14(10-15,13(17)18-2)12-6-4-3-5-7-12/h3-7H,8-9H2,1-2H3. The van der Waals surface area contributed by atoms with Gasteiger partial charge in [0, 0.05) is 6.42 Å². The van der Waals surface area contributed by atoms with Crippen molar-refractivity contribution in [2.45, 2.75) is 25.2 Å². The van der Waals surface area contributed by atoms with E-state index in [1.54, 1.807) is 30.3 Å². The van der Waals surface area contributed by atoms with Crippen LogP contribution in [0.25, 0.3) is 0 Å². The van der Waals surface area contributed by atoms with Gasteiger partial charge in [-0.2, -0.15) is 5.26 Å².